The lowest BCUT2D eigenvalue weighted by atomic mass is 9.58. The van der Waals surface area contributed by atoms with Crippen molar-refractivity contribution in [3.05, 3.63) is 29.8 Å². The van der Waals surface area contributed by atoms with Crippen LogP contribution in [-0.4, -0.2) is 59.6 Å². The van der Waals surface area contributed by atoms with Crippen molar-refractivity contribution in [2.45, 2.75) is 103 Å². The van der Waals surface area contributed by atoms with Gasteiger partial charge >= 0.3 is 11.9 Å². The third-order valence-electron chi connectivity index (χ3n) is 9.18. The molecule has 4 saturated heterocycles. The SMILES string of the molecule is CCOC(=O)C(Cc1ccc(O)cc1)NC(=O)CCC(=O)O[C@@H]1O[C@@H]2OC3(C)CC[C@H]4[C@H](C)CC[C@@H]([C@H]1C)C24OO3. The molecular weight excluding hydrogens is 534 g/mol. The molecule has 4 aliphatic heterocycles. The Hall–Kier alpha value is -2.73. The van der Waals surface area contributed by atoms with E-state index in [1.54, 1.807) is 19.1 Å². The molecular formula is C30H41NO10. The summed E-state index contributed by atoms with van der Waals surface area (Å²) >= 11 is 0. The van der Waals surface area contributed by atoms with E-state index in [2.05, 4.69) is 12.2 Å². The quantitative estimate of drug-likeness (QED) is 0.332. The van der Waals surface area contributed by atoms with Crippen molar-refractivity contribution in [3.8, 4) is 5.75 Å². The highest BCUT2D eigenvalue weighted by molar-refractivity contribution is 5.86. The highest BCUT2D eigenvalue weighted by atomic mass is 17.3. The van der Waals surface area contributed by atoms with Crippen molar-refractivity contribution < 1.29 is 48.2 Å². The normalized spacial score (nSPS) is 36.4. The molecule has 226 valence electrons. The number of amides is 1. The summed E-state index contributed by atoms with van der Waals surface area (Å²) in [6.45, 7) is 7.90. The zero-order valence-corrected chi connectivity index (χ0v) is 24.1. The van der Waals surface area contributed by atoms with E-state index in [4.69, 9.17) is 28.7 Å². The van der Waals surface area contributed by atoms with Gasteiger partial charge < -0.3 is 29.4 Å². The Balaban J connectivity index is 1.19. The van der Waals surface area contributed by atoms with E-state index in [1.165, 1.54) is 12.1 Å². The number of hydrogen-bond acceptors (Lipinski definition) is 10. The molecule has 5 aliphatic rings. The lowest BCUT2D eigenvalue weighted by Crippen LogP contribution is -2.70. The van der Waals surface area contributed by atoms with Gasteiger partial charge in [-0.05, 0) is 62.6 Å². The van der Waals surface area contributed by atoms with Crippen LogP contribution in [0.25, 0.3) is 0 Å². The summed E-state index contributed by atoms with van der Waals surface area (Å²) in [7, 11) is 0. The first kappa shape index (κ1) is 29.8. The van der Waals surface area contributed by atoms with Gasteiger partial charge in [0.1, 0.15) is 11.8 Å². The van der Waals surface area contributed by atoms with Gasteiger partial charge in [-0.25, -0.2) is 14.6 Å². The lowest BCUT2D eigenvalue weighted by molar-refractivity contribution is -0.576. The van der Waals surface area contributed by atoms with Gasteiger partial charge in [0.25, 0.3) is 0 Å². The molecule has 1 aromatic carbocycles. The monoisotopic (exact) mass is 575 g/mol. The Labute approximate surface area is 240 Å². The number of nitrogens with one attached hydrogen (secondary N) is 1. The molecule has 41 heavy (non-hydrogen) atoms. The number of phenols is 1. The maximum Gasteiger partial charge on any atom is 0.328 e. The fourth-order valence-corrected chi connectivity index (χ4v) is 6.98. The van der Waals surface area contributed by atoms with E-state index in [9.17, 15) is 19.5 Å². The van der Waals surface area contributed by atoms with Crippen LogP contribution >= 0.6 is 0 Å². The zero-order chi connectivity index (χ0) is 29.4. The van der Waals surface area contributed by atoms with Gasteiger partial charge in [-0.15, -0.1) is 0 Å². The summed E-state index contributed by atoms with van der Waals surface area (Å²) in [6.07, 6.45) is 1.72. The summed E-state index contributed by atoms with van der Waals surface area (Å²) in [5.74, 6) is -2.02. The average molecular weight is 576 g/mol. The first-order valence-electron chi connectivity index (χ1n) is 14.7. The van der Waals surface area contributed by atoms with Gasteiger partial charge in [-0.2, -0.15) is 0 Å². The second-order valence-electron chi connectivity index (χ2n) is 12.0. The number of fused-ring (bicyclic) bond motifs is 2. The minimum Gasteiger partial charge on any atom is -0.508 e. The number of rotatable bonds is 9. The highest BCUT2D eigenvalue weighted by Gasteiger charge is 2.69. The van der Waals surface area contributed by atoms with Gasteiger partial charge in [0, 0.05) is 31.1 Å². The Bertz CT molecular complexity index is 1130. The fourth-order valence-electron chi connectivity index (χ4n) is 6.98. The zero-order valence-electron chi connectivity index (χ0n) is 24.1. The number of esters is 2. The van der Waals surface area contributed by atoms with Crippen LogP contribution in [-0.2, 0) is 49.5 Å². The molecule has 1 aromatic rings. The van der Waals surface area contributed by atoms with Gasteiger partial charge in [0.05, 0.1) is 13.0 Å². The molecule has 5 fully saturated rings. The van der Waals surface area contributed by atoms with Crippen LogP contribution in [0.4, 0.5) is 0 Å². The van der Waals surface area contributed by atoms with E-state index in [1.807, 2.05) is 13.8 Å². The smallest absolute Gasteiger partial charge is 0.328 e. The molecule has 0 aromatic heterocycles. The van der Waals surface area contributed by atoms with Gasteiger partial charge in [0.2, 0.25) is 18.0 Å². The minimum atomic E-state index is -0.936. The summed E-state index contributed by atoms with van der Waals surface area (Å²) < 4.78 is 23.5. The minimum absolute atomic E-state index is 0.0106. The van der Waals surface area contributed by atoms with Crippen LogP contribution in [0.15, 0.2) is 24.3 Å². The molecule has 1 spiro atoms. The largest absolute Gasteiger partial charge is 0.508 e. The van der Waals surface area contributed by atoms with Crippen LogP contribution in [0.1, 0.15) is 71.8 Å². The van der Waals surface area contributed by atoms with Crippen molar-refractivity contribution in [3.63, 3.8) is 0 Å². The third kappa shape index (κ3) is 5.95. The molecule has 3 unspecified atom stereocenters. The Kier molecular flexibility index (Phi) is 8.61. The molecule has 2 bridgehead atoms. The number of carbonyl (C=O) groups is 3. The standard InChI is InChI=1S/C30H41NO10/c1-5-36-26(35)23(16-19-7-9-20(32)10-8-19)31-24(33)12-13-25(34)37-27-18(3)22-11-6-17(2)21-14-15-29(4)39-28(38-27)30(21,22)41-40-29/h7-10,17-18,21-23,27-28,32H,5-6,11-16H2,1-4H3,(H,31,33)/t17-,18-,21+,22+,23?,27-,28-,29?,30?/m1/s1. The second-order valence-corrected chi connectivity index (χ2v) is 12.0. The maximum atomic E-state index is 12.9. The molecule has 1 amide bonds. The van der Waals surface area contributed by atoms with Crippen molar-refractivity contribution in [1.29, 1.82) is 0 Å². The maximum absolute atomic E-state index is 12.9. The van der Waals surface area contributed by atoms with E-state index in [0.29, 0.717) is 12.3 Å². The summed E-state index contributed by atoms with van der Waals surface area (Å²) in [5.41, 5.74) is -0.0195. The molecule has 11 nitrogen and oxygen atoms in total. The molecule has 9 atom stereocenters. The van der Waals surface area contributed by atoms with E-state index < -0.39 is 47.9 Å². The fraction of sp³-hybridized carbons (Fsp3) is 0.700. The van der Waals surface area contributed by atoms with Crippen molar-refractivity contribution in [1.82, 2.24) is 5.32 Å². The number of aromatic hydroxyl groups is 1. The van der Waals surface area contributed by atoms with Crippen LogP contribution in [0, 0.1) is 23.7 Å². The van der Waals surface area contributed by atoms with Gasteiger partial charge in [-0.3, -0.25) is 9.59 Å². The second kappa shape index (κ2) is 11.9. The first-order chi connectivity index (χ1) is 19.5. The van der Waals surface area contributed by atoms with Crippen molar-refractivity contribution in [2.24, 2.45) is 23.7 Å². The molecule has 2 N–H and O–H groups in total. The van der Waals surface area contributed by atoms with E-state index in [0.717, 1.165) is 24.8 Å². The molecule has 0 radical (unpaired) electrons. The van der Waals surface area contributed by atoms with Gasteiger partial charge in [-0.1, -0.05) is 26.0 Å². The predicted octanol–water partition coefficient (Wildman–Crippen LogP) is 3.51. The van der Waals surface area contributed by atoms with E-state index in [-0.39, 0.29) is 49.4 Å². The van der Waals surface area contributed by atoms with E-state index >= 15 is 0 Å². The average Bonchev–Trinajstić information content (AvgIpc) is 3.17. The molecule has 1 saturated carbocycles. The Morgan fingerprint density at radius 3 is 2.56 bits per heavy atom. The molecule has 1 aliphatic carbocycles. The van der Waals surface area contributed by atoms with Crippen LogP contribution in [0.5, 0.6) is 5.75 Å². The van der Waals surface area contributed by atoms with Crippen LogP contribution < -0.4 is 5.32 Å². The summed E-state index contributed by atoms with van der Waals surface area (Å²) in [4.78, 5) is 50.0. The van der Waals surface area contributed by atoms with Crippen LogP contribution in [0.3, 0.4) is 0 Å². The highest BCUT2D eigenvalue weighted by Crippen LogP contribution is 2.60. The van der Waals surface area contributed by atoms with Crippen molar-refractivity contribution in [2.75, 3.05) is 6.61 Å². The summed E-state index contributed by atoms with van der Waals surface area (Å²) in [5, 5.41) is 12.2. The Morgan fingerprint density at radius 2 is 1.83 bits per heavy atom. The summed E-state index contributed by atoms with van der Waals surface area (Å²) in [6, 6.07) is 5.40. The third-order valence-corrected chi connectivity index (χ3v) is 9.18. The topological polar surface area (TPSA) is 139 Å². The number of ether oxygens (including phenoxy) is 4. The number of benzene rings is 1. The molecule has 6 rings (SSSR count). The van der Waals surface area contributed by atoms with Gasteiger partial charge in [0.15, 0.2) is 11.9 Å². The number of carbonyl (C=O) groups excluding carboxylic acids is 3. The predicted molar refractivity (Wildman–Crippen MR) is 143 cm³/mol. The molecule has 4 heterocycles. The number of hydrogen-bond donors (Lipinski definition) is 2. The first-order valence-corrected chi connectivity index (χ1v) is 14.7. The molecule has 11 heteroatoms. The number of phenolic OH excluding ortho intramolecular Hbond substituents is 1. The lowest BCUT2D eigenvalue weighted by Gasteiger charge is -2.59. The van der Waals surface area contributed by atoms with Crippen LogP contribution in [0.2, 0.25) is 0 Å². The Morgan fingerprint density at radius 1 is 1.07 bits per heavy atom. The van der Waals surface area contributed by atoms with Crippen molar-refractivity contribution >= 4 is 17.8 Å².